The standard InChI is InChI=1S/C20H20ClN5.ClH/c1-13-11-16(21)9-10-18(13)25-20(23)26-19(22)24-12-15-7-4-6-14-5-2-3-8-17(14)15;/h2-11H,12H2,1H3,(H5,22,23,24,25,26);1H. The predicted octanol–water partition coefficient (Wildman–Crippen LogP) is 4.46. The van der Waals surface area contributed by atoms with Gasteiger partial charge in [-0.3, -0.25) is 0 Å². The molecule has 7 heteroatoms. The van der Waals surface area contributed by atoms with Gasteiger partial charge < -0.3 is 16.8 Å². The fraction of sp³-hybridized carbons (Fsp3) is 0.100. The maximum absolute atomic E-state index is 5.95. The molecule has 27 heavy (non-hydrogen) atoms. The first-order valence-corrected chi connectivity index (χ1v) is 8.54. The summed E-state index contributed by atoms with van der Waals surface area (Å²) in [5, 5.41) is 5.99. The van der Waals surface area contributed by atoms with Crippen molar-refractivity contribution in [3.05, 3.63) is 76.8 Å². The van der Waals surface area contributed by atoms with Gasteiger partial charge in [0.05, 0.1) is 6.54 Å². The predicted molar refractivity (Wildman–Crippen MR) is 118 cm³/mol. The molecule has 0 aliphatic heterocycles. The van der Waals surface area contributed by atoms with Crippen molar-refractivity contribution in [3.63, 3.8) is 0 Å². The van der Waals surface area contributed by atoms with Crippen LogP contribution in [0.4, 0.5) is 5.69 Å². The maximum atomic E-state index is 5.95. The number of rotatable bonds is 3. The van der Waals surface area contributed by atoms with Gasteiger partial charge in [0.2, 0.25) is 11.9 Å². The van der Waals surface area contributed by atoms with Gasteiger partial charge in [-0.05, 0) is 47.0 Å². The molecule has 0 fully saturated rings. The Morgan fingerprint density at radius 3 is 2.56 bits per heavy atom. The summed E-state index contributed by atoms with van der Waals surface area (Å²) in [6.07, 6.45) is 0. The van der Waals surface area contributed by atoms with Crippen LogP contribution in [0, 0.1) is 6.92 Å². The summed E-state index contributed by atoms with van der Waals surface area (Å²) < 4.78 is 0. The van der Waals surface area contributed by atoms with Gasteiger partial charge in [-0.25, -0.2) is 4.99 Å². The number of aliphatic imine (C=N–C) groups is 2. The zero-order valence-electron chi connectivity index (χ0n) is 14.8. The average Bonchev–Trinajstić information content (AvgIpc) is 2.62. The van der Waals surface area contributed by atoms with Crippen LogP contribution in [0.15, 0.2) is 70.6 Å². The first-order chi connectivity index (χ1) is 12.5. The van der Waals surface area contributed by atoms with Crippen molar-refractivity contribution in [2.45, 2.75) is 13.5 Å². The Morgan fingerprint density at radius 2 is 1.78 bits per heavy atom. The molecule has 5 nitrogen and oxygen atoms in total. The third-order valence-corrected chi connectivity index (χ3v) is 4.21. The van der Waals surface area contributed by atoms with Crippen LogP contribution in [0.3, 0.4) is 0 Å². The summed E-state index contributed by atoms with van der Waals surface area (Å²) in [4.78, 5) is 8.44. The summed E-state index contributed by atoms with van der Waals surface area (Å²) in [6, 6.07) is 19.7. The molecule has 0 aliphatic rings. The molecule has 0 unspecified atom stereocenters. The van der Waals surface area contributed by atoms with E-state index in [1.54, 1.807) is 6.07 Å². The van der Waals surface area contributed by atoms with Crippen LogP contribution in [-0.4, -0.2) is 11.9 Å². The highest BCUT2D eigenvalue weighted by Gasteiger charge is 2.02. The van der Waals surface area contributed by atoms with Crippen LogP contribution in [0.5, 0.6) is 0 Å². The Hall–Kier alpha value is -2.76. The fourth-order valence-corrected chi connectivity index (χ4v) is 2.92. The average molecular weight is 402 g/mol. The van der Waals surface area contributed by atoms with Gasteiger partial charge >= 0.3 is 0 Å². The van der Waals surface area contributed by atoms with Gasteiger partial charge in [-0.1, -0.05) is 54.1 Å². The van der Waals surface area contributed by atoms with E-state index in [0.29, 0.717) is 11.6 Å². The molecule has 0 aliphatic carbocycles. The summed E-state index contributed by atoms with van der Waals surface area (Å²) in [7, 11) is 0. The molecule has 140 valence electrons. The molecular formula is C20H21Cl2N5. The first kappa shape index (κ1) is 20.6. The van der Waals surface area contributed by atoms with E-state index < -0.39 is 0 Å². The molecule has 0 bridgehead atoms. The number of aryl methyl sites for hydroxylation is 1. The molecule has 0 saturated carbocycles. The highest BCUT2D eigenvalue weighted by molar-refractivity contribution is 6.30. The molecule has 5 N–H and O–H groups in total. The molecule has 3 aromatic carbocycles. The zero-order valence-corrected chi connectivity index (χ0v) is 16.4. The summed E-state index contributed by atoms with van der Waals surface area (Å²) in [5.74, 6) is 0.296. The molecule has 0 spiro atoms. The highest BCUT2D eigenvalue weighted by Crippen LogP contribution is 2.20. The number of nitrogens with one attached hydrogen (secondary N) is 1. The Morgan fingerprint density at radius 1 is 1.04 bits per heavy atom. The number of guanidine groups is 2. The van der Waals surface area contributed by atoms with Gasteiger partial charge in [0.1, 0.15) is 0 Å². The Balaban J connectivity index is 0.00000261. The Kier molecular flexibility index (Phi) is 7.05. The molecule has 3 aromatic rings. The number of hydrogen-bond donors (Lipinski definition) is 3. The van der Waals surface area contributed by atoms with Crippen molar-refractivity contribution in [2.24, 2.45) is 21.5 Å². The minimum atomic E-state index is 0. The largest absolute Gasteiger partial charge is 0.369 e. The lowest BCUT2D eigenvalue weighted by Gasteiger charge is -2.09. The summed E-state index contributed by atoms with van der Waals surface area (Å²) in [6.45, 7) is 2.36. The zero-order chi connectivity index (χ0) is 18.5. The summed E-state index contributed by atoms with van der Waals surface area (Å²) in [5.41, 5.74) is 14.7. The number of nitrogens with zero attached hydrogens (tertiary/aromatic N) is 2. The smallest absolute Gasteiger partial charge is 0.218 e. The van der Waals surface area contributed by atoms with Gasteiger partial charge in [0.25, 0.3) is 0 Å². The van der Waals surface area contributed by atoms with Crippen LogP contribution in [0.25, 0.3) is 10.8 Å². The molecule has 0 radical (unpaired) electrons. The van der Waals surface area contributed by atoms with Crippen LogP contribution in [0.1, 0.15) is 11.1 Å². The van der Waals surface area contributed by atoms with Gasteiger partial charge in [0, 0.05) is 10.7 Å². The van der Waals surface area contributed by atoms with Crippen molar-refractivity contribution in [1.82, 2.24) is 0 Å². The molecule has 0 aromatic heterocycles. The summed E-state index contributed by atoms with van der Waals surface area (Å²) >= 11 is 5.95. The van der Waals surface area contributed by atoms with Crippen LogP contribution in [-0.2, 0) is 6.54 Å². The Bertz CT molecular complexity index is 993. The minimum absolute atomic E-state index is 0. The van der Waals surface area contributed by atoms with Crippen LogP contribution in [0.2, 0.25) is 5.02 Å². The molecule has 0 amide bonds. The second-order valence-corrected chi connectivity index (χ2v) is 6.33. The van der Waals surface area contributed by atoms with Crippen molar-refractivity contribution >= 4 is 52.4 Å². The lowest BCUT2D eigenvalue weighted by molar-refractivity contribution is 1.07. The molecule has 0 saturated heterocycles. The maximum Gasteiger partial charge on any atom is 0.218 e. The van der Waals surface area contributed by atoms with E-state index in [4.69, 9.17) is 23.1 Å². The number of anilines is 1. The SMILES string of the molecule is Cc1cc(Cl)ccc1N/C(N)=N/C(N)=NCc1cccc2ccccc12.Cl. The van der Waals surface area contributed by atoms with E-state index in [2.05, 4.69) is 33.5 Å². The number of benzene rings is 3. The van der Waals surface area contributed by atoms with E-state index >= 15 is 0 Å². The number of fused-ring (bicyclic) bond motifs is 1. The van der Waals surface area contributed by atoms with Gasteiger partial charge in [-0.15, -0.1) is 12.4 Å². The van der Waals surface area contributed by atoms with E-state index in [1.807, 2.05) is 43.3 Å². The number of halogens is 2. The van der Waals surface area contributed by atoms with Crippen molar-refractivity contribution in [1.29, 1.82) is 0 Å². The lowest BCUT2D eigenvalue weighted by atomic mass is 10.1. The molecule has 0 atom stereocenters. The van der Waals surface area contributed by atoms with Crippen molar-refractivity contribution in [2.75, 3.05) is 5.32 Å². The lowest BCUT2D eigenvalue weighted by Crippen LogP contribution is -2.26. The van der Waals surface area contributed by atoms with Crippen LogP contribution >= 0.6 is 24.0 Å². The second kappa shape index (κ2) is 9.26. The van der Waals surface area contributed by atoms with E-state index in [-0.39, 0.29) is 24.3 Å². The normalized spacial score (nSPS) is 11.9. The molecule has 0 heterocycles. The van der Waals surface area contributed by atoms with Gasteiger partial charge in [-0.2, -0.15) is 4.99 Å². The minimum Gasteiger partial charge on any atom is -0.369 e. The number of hydrogen-bond acceptors (Lipinski definition) is 1. The van der Waals surface area contributed by atoms with Gasteiger partial charge in [0.15, 0.2) is 0 Å². The first-order valence-electron chi connectivity index (χ1n) is 8.17. The van der Waals surface area contributed by atoms with E-state index in [0.717, 1.165) is 22.2 Å². The Labute approximate surface area is 169 Å². The second-order valence-electron chi connectivity index (χ2n) is 5.89. The highest BCUT2D eigenvalue weighted by atomic mass is 35.5. The van der Waals surface area contributed by atoms with E-state index in [9.17, 15) is 0 Å². The van der Waals surface area contributed by atoms with Crippen LogP contribution < -0.4 is 16.8 Å². The number of nitrogens with two attached hydrogens (primary N) is 2. The van der Waals surface area contributed by atoms with E-state index in [1.165, 1.54) is 5.39 Å². The quantitative estimate of drug-likeness (QED) is 0.446. The third kappa shape index (κ3) is 5.36. The monoisotopic (exact) mass is 401 g/mol. The van der Waals surface area contributed by atoms with Crippen molar-refractivity contribution in [3.8, 4) is 0 Å². The molecule has 3 rings (SSSR count). The third-order valence-electron chi connectivity index (χ3n) is 3.98. The van der Waals surface area contributed by atoms with Crippen molar-refractivity contribution < 1.29 is 0 Å². The topological polar surface area (TPSA) is 88.8 Å². The fourth-order valence-electron chi connectivity index (χ4n) is 2.69. The molecular weight excluding hydrogens is 381 g/mol.